The Hall–Kier alpha value is -1.79. The molecule has 7 heteroatoms. The standard InChI is InChI=1S/C14H13ClN2O3S/c15-9-7-12(16-8-9)14(18)17-11-5-6-21(19,20)13-4-2-1-3-10(11)13/h1-4,7-8,11,16H,5-6H2,(H,17,18)/t11-/m0/s1. The van der Waals surface area contributed by atoms with E-state index in [4.69, 9.17) is 11.6 Å². The number of aromatic nitrogens is 1. The lowest BCUT2D eigenvalue weighted by molar-refractivity contribution is 0.0930. The van der Waals surface area contributed by atoms with Crippen LogP contribution in [0.15, 0.2) is 41.4 Å². The fourth-order valence-electron chi connectivity index (χ4n) is 2.48. The van der Waals surface area contributed by atoms with E-state index < -0.39 is 9.84 Å². The summed E-state index contributed by atoms with van der Waals surface area (Å²) in [6.45, 7) is 0. The van der Waals surface area contributed by atoms with Crippen molar-refractivity contribution < 1.29 is 13.2 Å². The van der Waals surface area contributed by atoms with Gasteiger partial charge in [0.2, 0.25) is 0 Å². The predicted octanol–water partition coefficient (Wildman–Crippen LogP) is 2.32. The third-order valence-electron chi connectivity index (χ3n) is 3.50. The van der Waals surface area contributed by atoms with Crippen LogP contribution in [-0.2, 0) is 9.84 Å². The van der Waals surface area contributed by atoms with Crippen molar-refractivity contribution in [3.05, 3.63) is 52.8 Å². The van der Waals surface area contributed by atoms with Gasteiger partial charge in [-0.1, -0.05) is 29.8 Å². The number of H-pyrrole nitrogens is 1. The van der Waals surface area contributed by atoms with Gasteiger partial charge in [-0.3, -0.25) is 4.79 Å². The monoisotopic (exact) mass is 324 g/mol. The van der Waals surface area contributed by atoms with Gasteiger partial charge in [0.15, 0.2) is 9.84 Å². The van der Waals surface area contributed by atoms with Gasteiger partial charge in [-0.2, -0.15) is 0 Å². The number of carbonyl (C=O) groups is 1. The number of sulfone groups is 1. The zero-order valence-electron chi connectivity index (χ0n) is 11.0. The van der Waals surface area contributed by atoms with Gasteiger partial charge in [-0.25, -0.2) is 8.42 Å². The molecule has 2 heterocycles. The summed E-state index contributed by atoms with van der Waals surface area (Å²) in [4.78, 5) is 15.2. The van der Waals surface area contributed by atoms with Crippen LogP contribution in [0, 0.1) is 0 Å². The molecule has 0 aliphatic carbocycles. The summed E-state index contributed by atoms with van der Waals surface area (Å²) in [5, 5.41) is 3.30. The zero-order chi connectivity index (χ0) is 15.0. The van der Waals surface area contributed by atoms with Crippen LogP contribution < -0.4 is 5.32 Å². The molecule has 0 saturated heterocycles. The molecule has 0 fully saturated rings. The van der Waals surface area contributed by atoms with Gasteiger partial charge in [-0.15, -0.1) is 0 Å². The minimum absolute atomic E-state index is 0.0282. The van der Waals surface area contributed by atoms with Gasteiger partial charge >= 0.3 is 0 Å². The summed E-state index contributed by atoms with van der Waals surface area (Å²) in [6.07, 6.45) is 1.88. The lowest BCUT2D eigenvalue weighted by atomic mass is 10.0. The fraction of sp³-hybridized carbons (Fsp3) is 0.214. The molecule has 5 nitrogen and oxygen atoms in total. The molecule has 1 aromatic heterocycles. The fourth-order valence-corrected chi connectivity index (χ4v) is 4.26. The number of hydrogen-bond donors (Lipinski definition) is 2. The summed E-state index contributed by atoms with van der Waals surface area (Å²) in [5.74, 6) is -0.276. The molecule has 0 radical (unpaired) electrons. The molecule has 1 aliphatic heterocycles. The summed E-state index contributed by atoms with van der Waals surface area (Å²) < 4.78 is 24.1. The molecule has 0 unspecified atom stereocenters. The van der Waals surface area contributed by atoms with Crippen molar-refractivity contribution in [3.8, 4) is 0 Å². The molecule has 3 rings (SSSR count). The number of halogens is 1. The van der Waals surface area contributed by atoms with Crippen molar-refractivity contribution in [1.29, 1.82) is 0 Å². The van der Waals surface area contributed by atoms with Crippen LogP contribution in [0.4, 0.5) is 0 Å². The van der Waals surface area contributed by atoms with Crippen LogP contribution in [-0.4, -0.2) is 25.1 Å². The second-order valence-corrected chi connectivity index (χ2v) is 7.42. The molecule has 0 bridgehead atoms. The molecule has 2 N–H and O–H groups in total. The maximum absolute atomic E-state index is 12.1. The minimum Gasteiger partial charge on any atom is -0.356 e. The quantitative estimate of drug-likeness (QED) is 0.889. The highest BCUT2D eigenvalue weighted by Gasteiger charge is 2.31. The highest BCUT2D eigenvalue weighted by molar-refractivity contribution is 7.91. The molecule has 1 amide bonds. The second kappa shape index (κ2) is 5.20. The van der Waals surface area contributed by atoms with Gasteiger partial charge < -0.3 is 10.3 Å². The normalized spacial score (nSPS) is 19.8. The number of carbonyl (C=O) groups excluding carboxylic acids is 1. The lowest BCUT2D eigenvalue weighted by Gasteiger charge is -2.26. The Balaban J connectivity index is 1.89. The Kier molecular flexibility index (Phi) is 3.51. The van der Waals surface area contributed by atoms with Crippen LogP contribution in [0.25, 0.3) is 0 Å². The molecule has 1 aliphatic rings. The highest BCUT2D eigenvalue weighted by Crippen LogP contribution is 2.32. The van der Waals surface area contributed by atoms with Crippen LogP contribution in [0.2, 0.25) is 5.02 Å². The summed E-state index contributed by atoms with van der Waals surface area (Å²) in [5.41, 5.74) is 0.987. The largest absolute Gasteiger partial charge is 0.356 e. The first kappa shape index (κ1) is 14.2. The molecule has 1 atom stereocenters. The summed E-state index contributed by atoms with van der Waals surface area (Å²) >= 11 is 5.78. The predicted molar refractivity (Wildman–Crippen MR) is 79.1 cm³/mol. The van der Waals surface area contributed by atoms with Crippen molar-refractivity contribution in [3.63, 3.8) is 0 Å². The zero-order valence-corrected chi connectivity index (χ0v) is 12.5. The Morgan fingerprint density at radius 2 is 2.10 bits per heavy atom. The molecule has 2 aromatic rings. The van der Waals surface area contributed by atoms with E-state index in [2.05, 4.69) is 10.3 Å². The van der Waals surface area contributed by atoms with E-state index >= 15 is 0 Å². The SMILES string of the molecule is O=C(N[C@H]1CCS(=O)(=O)c2ccccc21)c1cc(Cl)c[nH]1. The van der Waals surface area contributed by atoms with Gasteiger partial charge in [0.25, 0.3) is 5.91 Å². The van der Waals surface area contributed by atoms with Crippen LogP contribution >= 0.6 is 11.6 Å². The van der Waals surface area contributed by atoms with Gasteiger partial charge in [-0.05, 0) is 24.1 Å². The molecule has 0 saturated carbocycles. The number of hydrogen-bond acceptors (Lipinski definition) is 3. The van der Waals surface area contributed by atoms with E-state index in [9.17, 15) is 13.2 Å². The maximum Gasteiger partial charge on any atom is 0.268 e. The van der Waals surface area contributed by atoms with Crippen LogP contribution in [0.1, 0.15) is 28.5 Å². The van der Waals surface area contributed by atoms with E-state index in [-0.39, 0.29) is 17.7 Å². The van der Waals surface area contributed by atoms with E-state index in [0.29, 0.717) is 27.6 Å². The van der Waals surface area contributed by atoms with Crippen molar-refractivity contribution in [2.24, 2.45) is 0 Å². The Morgan fingerprint density at radius 3 is 2.81 bits per heavy atom. The van der Waals surface area contributed by atoms with E-state index in [1.807, 2.05) is 0 Å². The van der Waals surface area contributed by atoms with Gasteiger partial charge in [0.05, 0.1) is 21.7 Å². The van der Waals surface area contributed by atoms with E-state index in [0.717, 1.165) is 0 Å². The number of fused-ring (bicyclic) bond motifs is 1. The first-order valence-corrected chi connectivity index (χ1v) is 8.47. The number of amides is 1. The van der Waals surface area contributed by atoms with E-state index in [1.54, 1.807) is 24.3 Å². The van der Waals surface area contributed by atoms with Crippen LogP contribution in [0.3, 0.4) is 0 Å². The van der Waals surface area contributed by atoms with Crippen LogP contribution in [0.5, 0.6) is 0 Å². The lowest BCUT2D eigenvalue weighted by Crippen LogP contribution is -2.34. The average molecular weight is 325 g/mol. The third-order valence-corrected chi connectivity index (χ3v) is 5.54. The van der Waals surface area contributed by atoms with Crippen molar-refractivity contribution in [2.75, 3.05) is 5.75 Å². The summed E-state index contributed by atoms with van der Waals surface area (Å²) in [7, 11) is -3.25. The maximum atomic E-state index is 12.1. The number of rotatable bonds is 2. The van der Waals surface area contributed by atoms with Crippen molar-refractivity contribution in [2.45, 2.75) is 17.4 Å². The topological polar surface area (TPSA) is 79.0 Å². The number of benzene rings is 1. The third kappa shape index (κ3) is 2.69. The molecular formula is C14H13ClN2O3S. The Morgan fingerprint density at radius 1 is 1.33 bits per heavy atom. The van der Waals surface area contributed by atoms with Crippen molar-refractivity contribution >= 4 is 27.3 Å². The molecular weight excluding hydrogens is 312 g/mol. The van der Waals surface area contributed by atoms with Gasteiger partial charge in [0, 0.05) is 6.20 Å². The highest BCUT2D eigenvalue weighted by atomic mass is 35.5. The Bertz CT molecular complexity index is 798. The summed E-state index contributed by atoms with van der Waals surface area (Å²) in [6, 6.07) is 7.98. The van der Waals surface area contributed by atoms with Crippen molar-refractivity contribution in [1.82, 2.24) is 10.3 Å². The molecule has 110 valence electrons. The molecule has 21 heavy (non-hydrogen) atoms. The molecule has 0 spiro atoms. The second-order valence-electron chi connectivity index (χ2n) is 4.90. The average Bonchev–Trinajstić information content (AvgIpc) is 2.89. The first-order valence-electron chi connectivity index (χ1n) is 6.44. The first-order chi connectivity index (χ1) is 9.97. The Labute approximate surface area is 127 Å². The molecule has 1 aromatic carbocycles. The number of aromatic amines is 1. The van der Waals surface area contributed by atoms with E-state index in [1.165, 1.54) is 12.3 Å². The van der Waals surface area contributed by atoms with Gasteiger partial charge in [0.1, 0.15) is 5.69 Å². The number of nitrogens with one attached hydrogen (secondary N) is 2. The smallest absolute Gasteiger partial charge is 0.268 e. The minimum atomic E-state index is -3.25.